The number of aromatic nitrogens is 3. The molecule has 0 radical (unpaired) electrons. The molecule has 0 atom stereocenters. The van der Waals surface area contributed by atoms with E-state index in [0.29, 0.717) is 49.4 Å². The predicted molar refractivity (Wildman–Crippen MR) is 153 cm³/mol. The van der Waals surface area contributed by atoms with Crippen molar-refractivity contribution in [2.75, 3.05) is 20.2 Å². The van der Waals surface area contributed by atoms with Crippen LogP contribution in [0.3, 0.4) is 0 Å². The quantitative estimate of drug-likeness (QED) is 0.269. The van der Waals surface area contributed by atoms with Crippen molar-refractivity contribution in [2.24, 2.45) is 5.41 Å². The van der Waals surface area contributed by atoms with Gasteiger partial charge < -0.3 is 24.1 Å². The number of phenolic OH excluding ortho intramolecular Hbond substituents is 1. The molecule has 1 aliphatic rings. The maximum Gasteiger partial charge on any atom is 0.312 e. The number of carbonyl (C=O) groups excluding carboxylic acids is 2. The molecule has 1 amide bonds. The van der Waals surface area contributed by atoms with E-state index in [1.165, 1.54) is 13.4 Å². The molecule has 0 unspecified atom stereocenters. The van der Waals surface area contributed by atoms with Gasteiger partial charge in [0.1, 0.15) is 12.0 Å². The molecule has 0 aliphatic carbocycles. The number of hydrogen-bond donors (Lipinski definition) is 2. The summed E-state index contributed by atoms with van der Waals surface area (Å²) < 4.78 is 10.5. The third-order valence-electron chi connectivity index (χ3n) is 8.04. The molecule has 3 aromatic heterocycles. The number of phenols is 1. The van der Waals surface area contributed by atoms with Gasteiger partial charge in [-0.2, -0.15) is 0 Å². The van der Waals surface area contributed by atoms with E-state index in [2.05, 4.69) is 15.0 Å². The highest BCUT2D eigenvalue weighted by atomic mass is 16.5. The Kier molecular flexibility index (Phi) is 7.01. The number of nitrogens with one attached hydrogen (secondary N) is 1. The molecule has 0 bridgehead atoms. The average molecular weight is 551 g/mol. The van der Waals surface area contributed by atoms with Crippen LogP contribution in [0.4, 0.5) is 0 Å². The molecule has 0 spiro atoms. The molecule has 1 fully saturated rings. The average Bonchev–Trinajstić information content (AvgIpc) is 3.67. The monoisotopic (exact) mass is 550 g/mol. The lowest BCUT2D eigenvalue weighted by atomic mass is 9.75. The zero-order chi connectivity index (χ0) is 28.4. The number of ether oxygens (including phenoxy) is 1. The summed E-state index contributed by atoms with van der Waals surface area (Å²) >= 11 is 0. The molecule has 2 aromatic carbocycles. The number of pyridine rings is 1. The van der Waals surface area contributed by atoms with E-state index >= 15 is 0 Å². The molecule has 1 aliphatic heterocycles. The molecule has 4 heterocycles. The van der Waals surface area contributed by atoms with Gasteiger partial charge >= 0.3 is 5.97 Å². The molecular formula is C32H30N4O5. The molecule has 1 saturated heterocycles. The molecule has 6 rings (SSSR count). The first-order chi connectivity index (χ1) is 20.0. The zero-order valence-corrected chi connectivity index (χ0v) is 22.7. The fourth-order valence-corrected chi connectivity index (χ4v) is 5.68. The maximum atomic E-state index is 13.2. The number of methoxy groups -OCH3 is 1. The van der Waals surface area contributed by atoms with E-state index in [1.807, 2.05) is 54.6 Å². The Morgan fingerprint density at radius 3 is 2.56 bits per heavy atom. The summed E-state index contributed by atoms with van der Waals surface area (Å²) in [5.41, 5.74) is 4.10. The number of amides is 1. The summed E-state index contributed by atoms with van der Waals surface area (Å²) in [7, 11) is 1.39. The Morgan fingerprint density at radius 2 is 1.85 bits per heavy atom. The highest BCUT2D eigenvalue weighted by molar-refractivity contribution is 5.89. The standard InChI is InChI=1S/C32H30N4O5/c1-40-31(39)32(19-28-34-13-16-41-28)10-14-36(15-11-32)29(37)17-21-5-7-22(8-6-21)24-3-2-4-25(30(24)38)26-18-23-9-12-33-20-27(23)35-26/h2-9,12-13,16,18,20,35,38H,10-11,14-15,17,19H2,1H3. The van der Waals surface area contributed by atoms with Crippen LogP contribution < -0.4 is 0 Å². The number of H-pyrrole nitrogens is 1. The van der Waals surface area contributed by atoms with Crippen molar-refractivity contribution in [1.82, 2.24) is 19.9 Å². The second-order valence-corrected chi connectivity index (χ2v) is 10.5. The van der Waals surface area contributed by atoms with Crippen molar-refractivity contribution in [3.8, 4) is 28.1 Å². The normalized spacial score (nSPS) is 14.7. The minimum Gasteiger partial charge on any atom is -0.507 e. The minimum absolute atomic E-state index is 0.00508. The Morgan fingerprint density at radius 1 is 1.07 bits per heavy atom. The third-order valence-corrected chi connectivity index (χ3v) is 8.04. The summed E-state index contributed by atoms with van der Waals surface area (Å²) in [6.45, 7) is 0.911. The number of esters is 1. The van der Waals surface area contributed by atoms with Gasteiger partial charge in [0.2, 0.25) is 5.91 Å². The molecular weight excluding hydrogens is 520 g/mol. The summed E-state index contributed by atoms with van der Waals surface area (Å²) in [4.78, 5) is 39.3. The molecule has 41 heavy (non-hydrogen) atoms. The first-order valence-electron chi connectivity index (χ1n) is 13.5. The maximum absolute atomic E-state index is 13.2. The van der Waals surface area contributed by atoms with Crippen molar-refractivity contribution in [3.63, 3.8) is 0 Å². The Hall–Kier alpha value is -4.92. The fraction of sp³-hybridized carbons (Fsp3) is 0.250. The van der Waals surface area contributed by atoms with Gasteiger partial charge in [0.25, 0.3) is 0 Å². The van der Waals surface area contributed by atoms with Gasteiger partial charge in [-0.25, -0.2) is 4.98 Å². The summed E-state index contributed by atoms with van der Waals surface area (Å²) in [5.74, 6) is 0.381. The first-order valence-corrected chi connectivity index (χ1v) is 13.5. The van der Waals surface area contributed by atoms with Gasteiger partial charge in [0, 0.05) is 42.2 Å². The highest BCUT2D eigenvalue weighted by Crippen LogP contribution is 2.39. The van der Waals surface area contributed by atoms with Crippen LogP contribution in [-0.2, 0) is 27.2 Å². The van der Waals surface area contributed by atoms with Gasteiger partial charge in [0.05, 0.1) is 42.5 Å². The fourth-order valence-electron chi connectivity index (χ4n) is 5.68. The van der Waals surface area contributed by atoms with Crippen LogP contribution in [0.5, 0.6) is 5.75 Å². The van der Waals surface area contributed by atoms with E-state index in [0.717, 1.165) is 27.7 Å². The van der Waals surface area contributed by atoms with Crippen LogP contribution in [0.2, 0.25) is 0 Å². The van der Waals surface area contributed by atoms with Crippen molar-refractivity contribution in [2.45, 2.75) is 25.7 Å². The van der Waals surface area contributed by atoms with Gasteiger partial charge in [-0.3, -0.25) is 14.6 Å². The number of rotatable bonds is 7. The SMILES string of the molecule is COC(=O)C1(Cc2ncco2)CCN(C(=O)Cc2ccc(-c3cccc(-c4cc5ccncc5[nH]4)c3O)cc2)CC1. The smallest absolute Gasteiger partial charge is 0.312 e. The molecule has 208 valence electrons. The van der Waals surface area contributed by atoms with Crippen LogP contribution in [-0.4, -0.2) is 57.0 Å². The second kappa shape index (κ2) is 10.9. The van der Waals surface area contributed by atoms with Gasteiger partial charge in [-0.05, 0) is 42.2 Å². The number of carbonyl (C=O) groups is 2. The summed E-state index contributed by atoms with van der Waals surface area (Å²) in [5, 5.41) is 12.2. The van der Waals surface area contributed by atoms with Crippen LogP contribution in [0, 0.1) is 5.41 Å². The van der Waals surface area contributed by atoms with E-state index in [-0.39, 0.29) is 24.0 Å². The number of fused-ring (bicyclic) bond motifs is 1. The topological polar surface area (TPSA) is 122 Å². The lowest BCUT2D eigenvalue weighted by molar-refractivity contribution is -0.158. The number of oxazole rings is 1. The van der Waals surface area contributed by atoms with E-state index in [1.54, 1.807) is 23.5 Å². The Balaban J connectivity index is 1.13. The predicted octanol–water partition coefficient (Wildman–Crippen LogP) is 5.16. The number of para-hydroxylation sites is 1. The van der Waals surface area contributed by atoms with Crippen molar-refractivity contribution in [3.05, 3.63) is 90.9 Å². The summed E-state index contributed by atoms with van der Waals surface area (Å²) in [6, 6.07) is 17.3. The molecule has 9 heteroatoms. The second-order valence-electron chi connectivity index (χ2n) is 10.5. The number of likely N-dealkylation sites (tertiary alicyclic amines) is 1. The largest absolute Gasteiger partial charge is 0.507 e. The number of benzene rings is 2. The van der Waals surface area contributed by atoms with Gasteiger partial charge in [-0.15, -0.1) is 0 Å². The number of nitrogens with zero attached hydrogens (tertiary/aromatic N) is 3. The van der Waals surface area contributed by atoms with Crippen LogP contribution in [0.15, 0.2) is 83.9 Å². The lowest BCUT2D eigenvalue weighted by Crippen LogP contribution is -2.48. The molecule has 2 N–H and O–H groups in total. The Labute approximate surface area is 236 Å². The third kappa shape index (κ3) is 5.18. The number of aromatic hydroxyl groups is 1. The van der Waals surface area contributed by atoms with Crippen molar-refractivity contribution in [1.29, 1.82) is 0 Å². The van der Waals surface area contributed by atoms with Crippen LogP contribution in [0.1, 0.15) is 24.3 Å². The van der Waals surface area contributed by atoms with Crippen LogP contribution >= 0.6 is 0 Å². The number of hydrogen-bond acceptors (Lipinski definition) is 7. The lowest BCUT2D eigenvalue weighted by Gasteiger charge is -2.39. The van der Waals surface area contributed by atoms with E-state index in [4.69, 9.17) is 9.15 Å². The zero-order valence-electron chi connectivity index (χ0n) is 22.7. The Bertz CT molecular complexity index is 1650. The minimum atomic E-state index is -0.752. The molecule has 9 nitrogen and oxygen atoms in total. The van der Waals surface area contributed by atoms with Crippen molar-refractivity contribution < 1.29 is 23.8 Å². The van der Waals surface area contributed by atoms with Gasteiger partial charge in [-0.1, -0.05) is 36.4 Å². The van der Waals surface area contributed by atoms with E-state index in [9.17, 15) is 14.7 Å². The van der Waals surface area contributed by atoms with E-state index < -0.39 is 5.41 Å². The number of aromatic amines is 1. The molecule has 0 saturated carbocycles. The van der Waals surface area contributed by atoms with Gasteiger partial charge in [0.15, 0.2) is 5.89 Å². The first kappa shape index (κ1) is 26.3. The van der Waals surface area contributed by atoms with Crippen molar-refractivity contribution >= 4 is 22.8 Å². The molecule has 5 aromatic rings. The summed E-state index contributed by atoms with van der Waals surface area (Å²) in [6.07, 6.45) is 8.11. The highest BCUT2D eigenvalue weighted by Gasteiger charge is 2.44. The number of piperidine rings is 1. The van der Waals surface area contributed by atoms with Crippen LogP contribution in [0.25, 0.3) is 33.3 Å².